The highest BCUT2D eigenvalue weighted by Gasteiger charge is 2.37. The lowest BCUT2D eigenvalue weighted by Gasteiger charge is -2.25. The fourth-order valence-corrected chi connectivity index (χ4v) is 9.13. The van der Waals surface area contributed by atoms with Crippen molar-refractivity contribution < 1.29 is 9.47 Å². The Hall–Kier alpha value is -6.63. The lowest BCUT2D eigenvalue weighted by molar-refractivity contribution is 0.359. The third kappa shape index (κ3) is 4.87. The lowest BCUT2D eigenvalue weighted by Crippen LogP contribution is -2.15. The third-order valence-corrected chi connectivity index (χ3v) is 11.9. The number of hydrogen-bond donors (Lipinski definition) is 0. The molecule has 0 saturated carbocycles. The second-order valence-corrected chi connectivity index (χ2v) is 15.5. The largest absolute Gasteiger partial charge is 0.449 e. The van der Waals surface area contributed by atoms with E-state index in [-0.39, 0.29) is 5.41 Å². The Bertz CT molecular complexity index is 2970. The highest BCUT2D eigenvalue weighted by Crippen LogP contribution is 2.55. The molecule has 256 valence electrons. The number of nitrogens with zero attached hydrogens (tertiary/aromatic N) is 3. The van der Waals surface area contributed by atoms with Crippen LogP contribution < -0.4 is 9.47 Å². The molecule has 5 nitrogen and oxygen atoms in total. The molecule has 0 spiro atoms. The molecule has 6 heteroatoms. The maximum Gasteiger partial charge on any atom is 0.170 e. The maximum atomic E-state index is 6.55. The minimum atomic E-state index is -0.123. The smallest absolute Gasteiger partial charge is 0.170 e. The maximum absolute atomic E-state index is 6.55. The Kier molecular flexibility index (Phi) is 6.70. The van der Waals surface area contributed by atoms with Gasteiger partial charge in [-0.2, -0.15) is 0 Å². The van der Waals surface area contributed by atoms with E-state index in [2.05, 4.69) is 129 Å². The molecule has 0 radical (unpaired) electrons. The van der Waals surface area contributed by atoms with Gasteiger partial charge >= 0.3 is 0 Å². The summed E-state index contributed by atoms with van der Waals surface area (Å²) in [5.41, 5.74) is 9.80. The number of thiophene rings is 1. The summed E-state index contributed by atoms with van der Waals surface area (Å²) < 4.78 is 15.5. The SMILES string of the molecule is CC1(C)c2ccccc2-c2cc3c(cc21)Oc1cc(-c2ccc(-c4nc(-c5ccccc5)nc(-c5ccc6c(c5)sc5ccccc56)n4)cc2)ccc1O3. The lowest BCUT2D eigenvalue weighted by atomic mass is 9.82. The van der Waals surface area contributed by atoms with Crippen LogP contribution >= 0.6 is 11.3 Å². The van der Waals surface area contributed by atoms with Crippen molar-refractivity contribution in [3.63, 3.8) is 0 Å². The number of aromatic nitrogens is 3. The van der Waals surface area contributed by atoms with Crippen LogP contribution in [-0.2, 0) is 5.41 Å². The fraction of sp³-hybridized carbons (Fsp3) is 0.0625. The summed E-state index contributed by atoms with van der Waals surface area (Å²) in [5, 5.41) is 2.51. The quantitative estimate of drug-likeness (QED) is 0.182. The van der Waals surface area contributed by atoms with Gasteiger partial charge < -0.3 is 9.47 Å². The summed E-state index contributed by atoms with van der Waals surface area (Å²) in [7, 11) is 0. The molecular formula is C48H31N3O2S. The van der Waals surface area contributed by atoms with Gasteiger partial charge in [-0.25, -0.2) is 15.0 Å². The number of hydrogen-bond acceptors (Lipinski definition) is 6. The first-order valence-electron chi connectivity index (χ1n) is 18.1. The van der Waals surface area contributed by atoms with Crippen LogP contribution in [0.2, 0.25) is 0 Å². The zero-order valence-electron chi connectivity index (χ0n) is 29.5. The van der Waals surface area contributed by atoms with Gasteiger partial charge in [0, 0.05) is 42.3 Å². The van der Waals surface area contributed by atoms with Gasteiger partial charge in [0.2, 0.25) is 0 Å². The van der Waals surface area contributed by atoms with Crippen molar-refractivity contribution in [1.82, 2.24) is 15.0 Å². The Morgan fingerprint density at radius 3 is 1.83 bits per heavy atom. The average molecular weight is 714 g/mol. The fourth-order valence-electron chi connectivity index (χ4n) is 7.98. The van der Waals surface area contributed by atoms with Crippen LogP contribution in [0.25, 0.3) is 76.6 Å². The topological polar surface area (TPSA) is 57.1 Å². The van der Waals surface area contributed by atoms with Crippen molar-refractivity contribution in [1.29, 1.82) is 0 Å². The molecule has 54 heavy (non-hydrogen) atoms. The van der Waals surface area contributed by atoms with Crippen LogP contribution in [0.5, 0.6) is 23.0 Å². The molecule has 7 aromatic carbocycles. The number of fused-ring (bicyclic) bond motifs is 8. The molecule has 0 N–H and O–H groups in total. The van der Waals surface area contributed by atoms with Crippen LogP contribution in [-0.4, -0.2) is 15.0 Å². The van der Waals surface area contributed by atoms with E-state index in [9.17, 15) is 0 Å². The Morgan fingerprint density at radius 1 is 0.407 bits per heavy atom. The third-order valence-electron chi connectivity index (χ3n) is 10.8. The zero-order chi connectivity index (χ0) is 36.0. The van der Waals surface area contributed by atoms with E-state index in [1.54, 1.807) is 11.3 Å². The summed E-state index contributed by atoms with van der Waals surface area (Å²) in [6, 6.07) is 52.5. The van der Waals surface area contributed by atoms with Crippen molar-refractivity contribution in [3.8, 4) is 79.4 Å². The minimum absolute atomic E-state index is 0.123. The molecule has 0 atom stereocenters. The van der Waals surface area contributed by atoms with Crippen molar-refractivity contribution in [2.24, 2.45) is 0 Å². The van der Waals surface area contributed by atoms with Crippen LogP contribution in [0.3, 0.4) is 0 Å². The first-order valence-corrected chi connectivity index (χ1v) is 18.9. The zero-order valence-corrected chi connectivity index (χ0v) is 30.3. The van der Waals surface area contributed by atoms with E-state index < -0.39 is 0 Å². The highest BCUT2D eigenvalue weighted by atomic mass is 32.1. The molecule has 2 aromatic heterocycles. The van der Waals surface area contributed by atoms with Gasteiger partial charge in [0.05, 0.1) is 0 Å². The van der Waals surface area contributed by atoms with E-state index in [0.29, 0.717) is 29.0 Å². The Labute approximate surface area is 316 Å². The standard InChI is InChI=1S/C48H31N3O2S/c1-48(2)37-14-8-6-12-33(37)36-26-41-42(27-38(36)48)53-40-24-31(21-23-39(40)52-41)28-16-18-30(19-17-28)46-49-45(29-10-4-3-5-11-29)50-47(51-46)32-20-22-35-34-13-7-9-15-43(34)54-44(35)25-32/h3-27H,1-2H3. The Morgan fingerprint density at radius 2 is 1.00 bits per heavy atom. The molecule has 9 aromatic rings. The highest BCUT2D eigenvalue weighted by molar-refractivity contribution is 7.25. The predicted octanol–water partition coefficient (Wildman–Crippen LogP) is 13.1. The van der Waals surface area contributed by atoms with Crippen LogP contribution in [0.15, 0.2) is 152 Å². The monoisotopic (exact) mass is 713 g/mol. The predicted molar refractivity (Wildman–Crippen MR) is 219 cm³/mol. The first-order chi connectivity index (χ1) is 26.5. The molecular weight excluding hydrogens is 683 g/mol. The molecule has 11 rings (SSSR count). The second kappa shape index (κ2) is 11.7. The summed E-state index contributed by atoms with van der Waals surface area (Å²) in [6.45, 7) is 4.55. The van der Waals surface area contributed by atoms with Gasteiger partial charge in [0.25, 0.3) is 0 Å². The molecule has 3 heterocycles. The average Bonchev–Trinajstić information content (AvgIpc) is 3.70. The van der Waals surface area contributed by atoms with Crippen molar-refractivity contribution >= 4 is 31.5 Å². The first kappa shape index (κ1) is 30.9. The van der Waals surface area contributed by atoms with E-state index in [1.165, 1.54) is 42.4 Å². The summed E-state index contributed by atoms with van der Waals surface area (Å²) >= 11 is 1.79. The van der Waals surface area contributed by atoms with Crippen molar-refractivity contribution in [2.75, 3.05) is 0 Å². The van der Waals surface area contributed by atoms with Gasteiger partial charge in [0.1, 0.15) is 0 Å². The van der Waals surface area contributed by atoms with Gasteiger partial charge in [-0.05, 0) is 69.8 Å². The molecule has 0 saturated heterocycles. The molecule has 0 amide bonds. The van der Waals surface area contributed by atoms with Gasteiger partial charge in [-0.1, -0.05) is 129 Å². The molecule has 2 aliphatic rings. The normalized spacial score (nSPS) is 13.4. The van der Waals surface area contributed by atoms with E-state index in [1.807, 2.05) is 36.4 Å². The molecule has 0 unspecified atom stereocenters. The molecule has 1 aliphatic carbocycles. The van der Waals surface area contributed by atoms with Gasteiger partial charge in [-0.3, -0.25) is 0 Å². The number of ether oxygens (including phenoxy) is 2. The van der Waals surface area contributed by atoms with E-state index in [0.717, 1.165) is 39.3 Å². The van der Waals surface area contributed by atoms with E-state index in [4.69, 9.17) is 24.4 Å². The number of benzene rings is 7. The van der Waals surface area contributed by atoms with Crippen molar-refractivity contribution in [2.45, 2.75) is 19.3 Å². The summed E-state index contributed by atoms with van der Waals surface area (Å²) in [5.74, 6) is 4.78. The van der Waals surface area contributed by atoms with Crippen LogP contribution in [0.1, 0.15) is 25.0 Å². The summed E-state index contributed by atoms with van der Waals surface area (Å²) in [6.07, 6.45) is 0. The van der Waals surface area contributed by atoms with Crippen molar-refractivity contribution in [3.05, 3.63) is 163 Å². The second-order valence-electron chi connectivity index (χ2n) is 14.4. The summed E-state index contributed by atoms with van der Waals surface area (Å²) in [4.78, 5) is 15.0. The van der Waals surface area contributed by atoms with Crippen LogP contribution in [0.4, 0.5) is 0 Å². The van der Waals surface area contributed by atoms with Crippen LogP contribution in [0, 0.1) is 0 Å². The molecule has 0 bridgehead atoms. The minimum Gasteiger partial charge on any atom is -0.449 e. The molecule has 1 aliphatic heterocycles. The Balaban J connectivity index is 0.927. The van der Waals surface area contributed by atoms with E-state index >= 15 is 0 Å². The molecule has 0 fully saturated rings. The van der Waals surface area contributed by atoms with Gasteiger partial charge in [-0.15, -0.1) is 11.3 Å². The van der Waals surface area contributed by atoms with Gasteiger partial charge in [0.15, 0.2) is 40.5 Å². The number of rotatable bonds is 4.